The zero-order valence-corrected chi connectivity index (χ0v) is 17.4. The standard InChI is InChI=1S/C14H15F2N3O.C9H8N2O/c1-9-7-10(5-6-17-9)8-18-14(20)19-13-11(15)3-2-4-12(13)16;12-9-6-11-5-8(9)7-2-1-3-10-4-7/h2-7,9,17H,8H2,1H3,(H2,18,19,20);1-5,11H,6H2. The highest BCUT2D eigenvalue weighted by atomic mass is 19.1. The van der Waals surface area contributed by atoms with Gasteiger partial charge in [-0.1, -0.05) is 18.2 Å². The first-order valence-corrected chi connectivity index (χ1v) is 9.93. The second-order valence-electron chi connectivity index (χ2n) is 7.04. The summed E-state index contributed by atoms with van der Waals surface area (Å²) in [7, 11) is 0. The Morgan fingerprint density at radius 1 is 1.22 bits per heavy atom. The number of carbonyl (C=O) groups excluding carboxylic acids is 2. The van der Waals surface area contributed by atoms with Crippen LogP contribution in [0.4, 0.5) is 19.3 Å². The van der Waals surface area contributed by atoms with Crippen LogP contribution in [-0.4, -0.2) is 35.9 Å². The van der Waals surface area contributed by atoms with Crippen LogP contribution >= 0.6 is 0 Å². The summed E-state index contributed by atoms with van der Waals surface area (Å²) in [5.41, 5.74) is 2.07. The Balaban J connectivity index is 0.000000204. The van der Waals surface area contributed by atoms with Crippen LogP contribution in [0.1, 0.15) is 12.5 Å². The minimum absolute atomic E-state index is 0.128. The summed E-state index contributed by atoms with van der Waals surface area (Å²) in [5.74, 6) is -1.49. The lowest BCUT2D eigenvalue weighted by Crippen LogP contribution is -2.32. The Bertz CT molecular complexity index is 1050. The van der Waals surface area contributed by atoms with Crippen molar-refractivity contribution in [1.29, 1.82) is 0 Å². The summed E-state index contributed by atoms with van der Waals surface area (Å²) in [6.45, 7) is 2.66. The highest BCUT2D eigenvalue weighted by Gasteiger charge is 2.16. The van der Waals surface area contributed by atoms with Gasteiger partial charge < -0.3 is 21.3 Å². The molecule has 0 bridgehead atoms. The van der Waals surface area contributed by atoms with E-state index in [9.17, 15) is 18.4 Å². The third-order valence-corrected chi connectivity index (χ3v) is 4.56. The molecule has 166 valence electrons. The molecule has 1 unspecified atom stereocenters. The monoisotopic (exact) mass is 439 g/mol. The molecule has 0 spiro atoms. The maximum atomic E-state index is 13.3. The molecule has 1 aromatic heterocycles. The predicted molar refractivity (Wildman–Crippen MR) is 118 cm³/mol. The van der Waals surface area contributed by atoms with E-state index >= 15 is 0 Å². The Labute approximate surface area is 184 Å². The molecule has 2 amide bonds. The number of aromatic nitrogens is 1. The third kappa shape index (κ3) is 6.24. The van der Waals surface area contributed by atoms with Gasteiger partial charge in [0, 0.05) is 42.3 Å². The van der Waals surface area contributed by atoms with E-state index in [0.717, 1.165) is 28.8 Å². The molecule has 0 saturated heterocycles. The molecule has 4 rings (SSSR count). The molecule has 32 heavy (non-hydrogen) atoms. The fourth-order valence-corrected chi connectivity index (χ4v) is 2.99. The molecule has 2 aliphatic heterocycles. The Morgan fingerprint density at radius 3 is 2.62 bits per heavy atom. The number of hydrogen-bond donors (Lipinski definition) is 4. The van der Waals surface area contributed by atoms with Gasteiger partial charge in [-0.3, -0.25) is 9.78 Å². The number of pyridine rings is 1. The number of Topliss-reactive ketones (excluding diaryl/α,β-unsaturated/α-hetero) is 1. The molecule has 0 saturated carbocycles. The highest BCUT2D eigenvalue weighted by molar-refractivity contribution is 6.23. The zero-order chi connectivity index (χ0) is 22.9. The lowest BCUT2D eigenvalue weighted by atomic mass is 10.1. The molecular formula is C23H23F2N5O2. The van der Waals surface area contributed by atoms with Crippen LogP contribution in [0.2, 0.25) is 0 Å². The van der Waals surface area contributed by atoms with E-state index in [-0.39, 0.29) is 18.4 Å². The lowest BCUT2D eigenvalue weighted by molar-refractivity contribution is -0.112. The van der Waals surface area contributed by atoms with Gasteiger partial charge in [0.25, 0.3) is 0 Å². The molecule has 2 aromatic rings. The molecule has 1 atom stereocenters. The van der Waals surface area contributed by atoms with Gasteiger partial charge in [-0.05, 0) is 43.0 Å². The van der Waals surface area contributed by atoms with Crippen LogP contribution in [-0.2, 0) is 4.79 Å². The summed E-state index contributed by atoms with van der Waals surface area (Å²) >= 11 is 0. The minimum atomic E-state index is -0.810. The maximum Gasteiger partial charge on any atom is 0.319 e. The first kappa shape index (κ1) is 22.7. The molecule has 1 aromatic carbocycles. The van der Waals surface area contributed by atoms with Crippen molar-refractivity contribution in [3.05, 3.63) is 90.0 Å². The zero-order valence-electron chi connectivity index (χ0n) is 17.4. The van der Waals surface area contributed by atoms with Crippen molar-refractivity contribution in [3.63, 3.8) is 0 Å². The van der Waals surface area contributed by atoms with Crippen molar-refractivity contribution in [1.82, 2.24) is 20.9 Å². The van der Waals surface area contributed by atoms with Crippen molar-refractivity contribution in [2.75, 3.05) is 18.4 Å². The minimum Gasteiger partial charge on any atom is -0.385 e. The molecule has 7 nitrogen and oxygen atoms in total. The Hall–Kier alpha value is -4.01. The van der Waals surface area contributed by atoms with Gasteiger partial charge in [-0.15, -0.1) is 0 Å². The number of ketones is 1. The number of halogens is 2. The van der Waals surface area contributed by atoms with Crippen LogP contribution in [0.15, 0.2) is 72.9 Å². The number of urea groups is 1. The number of rotatable bonds is 4. The molecule has 0 fully saturated rings. The van der Waals surface area contributed by atoms with Crippen LogP contribution in [0.3, 0.4) is 0 Å². The largest absolute Gasteiger partial charge is 0.385 e. The van der Waals surface area contributed by atoms with Gasteiger partial charge in [0.2, 0.25) is 0 Å². The van der Waals surface area contributed by atoms with Crippen molar-refractivity contribution < 1.29 is 18.4 Å². The highest BCUT2D eigenvalue weighted by Crippen LogP contribution is 2.18. The van der Waals surface area contributed by atoms with E-state index in [0.29, 0.717) is 6.54 Å². The van der Waals surface area contributed by atoms with Gasteiger partial charge in [-0.2, -0.15) is 0 Å². The van der Waals surface area contributed by atoms with E-state index in [1.807, 2.05) is 31.2 Å². The van der Waals surface area contributed by atoms with Gasteiger partial charge >= 0.3 is 6.03 Å². The average molecular weight is 439 g/mol. The molecule has 0 radical (unpaired) electrons. The Kier molecular flexibility index (Phi) is 7.69. The van der Waals surface area contributed by atoms with E-state index in [1.165, 1.54) is 6.07 Å². The summed E-state index contributed by atoms with van der Waals surface area (Å²) in [6, 6.07) is 6.63. The van der Waals surface area contributed by atoms with E-state index < -0.39 is 23.4 Å². The van der Waals surface area contributed by atoms with E-state index in [2.05, 4.69) is 26.3 Å². The molecule has 0 aliphatic carbocycles. The molecule has 3 heterocycles. The average Bonchev–Trinajstić information content (AvgIpc) is 3.22. The molecule has 9 heteroatoms. The number of para-hydroxylation sites is 1. The second kappa shape index (κ2) is 10.9. The SMILES string of the molecule is CC1C=C(CNC(=O)Nc2c(F)cccc2F)C=CN1.O=C1CNC=C1c1cccnc1. The molecule has 4 N–H and O–H groups in total. The normalized spacial score (nSPS) is 16.6. The maximum absolute atomic E-state index is 13.3. The second-order valence-corrected chi connectivity index (χ2v) is 7.04. The predicted octanol–water partition coefficient (Wildman–Crippen LogP) is 3.11. The summed E-state index contributed by atoms with van der Waals surface area (Å²) < 4.78 is 26.7. The summed E-state index contributed by atoms with van der Waals surface area (Å²) in [6.07, 6.45) is 10.7. The van der Waals surface area contributed by atoms with Crippen molar-refractivity contribution in [2.24, 2.45) is 0 Å². The first-order valence-electron chi connectivity index (χ1n) is 9.93. The number of benzene rings is 1. The van der Waals surface area contributed by atoms with Crippen molar-refractivity contribution >= 4 is 23.1 Å². The number of nitrogens with one attached hydrogen (secondary N) is 4. The quantitative estimate of drug-likeness (QED) is 0.587. The number of dihydropyridines is 1. The van der Waals surface area contributed by atoms with Crippen molar-refractivity contribution in [3.8, 4) is 0 Å². The number of hydrogen-bond acceptors (Lipinski definition) is 5. The van der Waals surface area contributed by atoms with Crippen LogP contribution in [0, 0.1) is 11.6 Å². The molecule has 2 aliphatic rings. The smallest absolute Gasteiger partial charge is 0.319 e. The first-order chi connectivity index (χ1) is 15.4. The summed E-state index contributed by atoms with van der Waals surface area (Å²) in [5, 5.41) is 10.7. The van der Waals surface area contributed by atoms with E-state index in [4.69, 9.17) is 0 Å². The van der Waals surface area contributed by atoms with Gasteiger partial charge in [0.05, 0.1) is 6.54 Å². The number of carbonyl (C=O) groups is 2. The fraction of sp³-hybridized carbons (Fsp3) is 0.174. The number of amides is 2. The van der Waals surface area contributed by atoms with Crippen LogP contribution in [0.25, 0.3) is 5.57 Å². The van der Waals surface area contributed by atoms with Gasteiger partial charge in [-0.25, -0.2) is 13.6 Å². The van der Waals surface area contributed by atoms with Gasteiger partial charge in [0.15, 0.2) is 5.78 Å². The number of anilines is 1. The Morgan fingerprint density at radius 2 is 2.00 bits per heavy atom. The topological polar surface area (TPSA) is 95.2 Å². The van der Waals surface area contributed by atoms with Crippen LogP contribution < -0.4 is 21.3 Å². The third-order valence-electron chi connectivity index (χ3n) is 4.56. The number of nitrogens with zero attached hydrogens (tertiary/aromatic N) is 1. The molecular weight excluding hydrogens is 416 g/mol. The summed E-state index contributed by atoms with van der Waals surface area (Å²) in [4.78, 5) is 26.8. The van der Waals surface area contributed by atoms with Gasteiger partial charge in [0.1, 0.15) is 17.3 Å². The fourth-order valence-electron chi connectivity index (χ4n) is 2.99. The van der Waals surface area contributed by atoms with E-state index in [1.54, 1.807) is 24.8 Å². The van der Waals surface area contributed by atoms with Crippen molar-refractivity contribution in [2.45, 2.75) is 13.0 Å². The van der Waals surface area contributed by atoms with Crippen LogP contribution in [0.5, 0.6) is 0 Å². The lowest BCUT2D eigenvalue weighted by Gasteiger charge is -2.15.